The Morgan fingerprint density at radius 1 is 1.36 bits per heavy atom. The number of nitrogens with zero attached hydrogens (tertiary/aromatic N) is 5. The van der Waals surface area contributed by atoms with Crippen molar-refractivity contribution in [1.29, 1.82) is 0 Å². The molecule has 134 valence electrons. The lowest BCUT2D eigenvalue weighted by atomic mass is 10.0. The molecule has 2 aromatic heterocycles. The van der Waals surface area contributed by atoms with Crippen LogP contribution in [0.5, 0.6) is 0 Å². The number of hydrogen-bond acceptors (Lipinski definition) is 5. The molecule has 0 aliphatic carbocycles. The minimum absolute atomic E-state index is 0.0135. The molecule has 1 aliphatic rings. The number of rotatable bonds is 6. The molecule has 0 spiro atoms. The zero-order valence-electron chi connectivity index (χ0n) is 14.8. The van der Waals surface area contributed by atoms with E-state index < -0.39 is 5.60 Å². The highest BCUT2D eigenvalue weighted by Crippen LogP contribution is 2.26. The van der Waals surface area contributed by atoms with Crippen molar-refractivity contribution >= 4 is 11.7 Å². The summed E-state index contributed by atoms with van der Waals surface area (Å²) in [6.45, 7) is 4.07. The maximum absolute atomic E-state index is 12.4. The van der Waals surface area contributed by atoms with Crippen LogP contribution in [0.4, 0.5) is 5.82 Å². The van der Waals surface area contributed by atoms with Crippen LogP contribution in [-0.2, 0) is 11.3 Å². The minimum Gasteiger partial charge on any atom is -0.386 e. The predicted molar refractivity (Wildman–Crippen MR) is 95.2 cm³/mol. The van der Waals surface area contributed by atoms with E-state index in [1.807, 2.05) is 35.9 Å². The van der Waals surface area contributed by atoms with Crippen LogP contribution in [0.2, 0.25) is 0 Å². The average molecular weight is 343 g/mol. The first-order valence-corrected chi connectivity index (χ1v) is 8.58. The first kappa shape index (κ1) is 17.4. The van der Waals surface area contributed by atoms with Crippen LogP contribution in [0.1, 0.15) is 18.5 Å². The van der Waals surface area contributed by atoms with Crippen LogP contribution in [0.15, 0.2) is 36.7 Å². The fourth-order valence-corrected chi connectivity index (χ4v) is 3.28. The molecule has 1 atom stereocenters. The minimum atomic E-state index is -0.899. The summed E-state index contributed by atoms with van der Waals surface area (Å²) < 4.78 is 1.82. The number of aliphatic hydroxyl groups is 1. The number of β-amino-alcohol motifs (C(OH)–C–C–N with tert-alkyl or cyclic N) is 1. The smallest absolute Gasteiger partial charge is 0.224 e. The summed E-state index contributed by atoms with van der Waals surface area (Å²) in [7, 11) is 1.75. The van der Waals surface area contributed by atoms with E-state index in [-0.39, 0.29) is 5.91 Å². The molecule has 3 heterocycles. The Hall–Kier alpha value is -2.41. The zero-order valence-corrected chi connectivity index (χ0v) is 14.8. The molecule has 2 aromatic rings. The summed E-state index contributed by atoms with van der Waals surface area (Å²) in [6.07, 6.45) is 4.48. The number of carbonyl (C=O) groups excluding carboxylic acids is 1. The van der Waals surface area contributed by atoms with E-state index in [2.05, 4.69) is 15.0 Å². The lowest BCUT2D eigenvalue weighted by Gasteiger charge is -2.29. The van der Waals surface area contributed by atoms with E-state index >= 15 is 0 Å². The number of pyridine rings is 1. The van der Waals surface area contributed by atoms with E-state index in [1.165, 1.54) is 0 Å². The molecule has 1 fully saturated rings. The highest BCUT2D eigenvalue weighted by molar-refractivity contribution is 5.75. The molecular formula is C18H25N5O2. The molecule has 1 saturated heterocycles. The van der Waals surface area contributed by atoms with Gasteiger partial charge in [-0.15, -0.1) is 0 Å². The highest BCUT2D eigenvalue weighted by atomic mass is 16.3. The Morgan fingerprint density at radius 2 is 2.20 bits per heavy atom. The Labute approximate surface area is 147 Å². The Morgan fingerprint density at radius 3 is 2.88 bits per heavy atom. The van der Waals surface area contributed by atoms with E-state index in [4.69, 9.17) is 0 Å². The van der Waals surface area contributed by atoms with Gasteiger partial charge in [-0.25, -0.2) is 4.98 Å². The SMILES string of the molecule is Cc1ccnn1CCC(=O)N(C)CC1(O)CCN(c2ccccn2)C1. The number of aryl methyl sites for hydroxylation is 2. The van der Waals surface area contributed by atoms with Crippen molar-refractivity contribution in [3.63, 3.8) is 0 Å². The van der Waals surface area contributed by atoms with Gasteiger partial charge in [-0.1, -0.05) is 6.07 Å². The van der Waals surface area contributed by atoms with E-state index in [0.29, 0.717) is 32.5 Å². The van der Waals surface area contributed by atoms with Gasteiger partial charge in [-0.3, -0.25) is 9.48 Å². The molecule has 7 heteroatoms. The van der Waals surface area contributed by atoms with Gasteiger partial charge < -0.3 is 14.9 Å². The molecule has 7 nitrogen and oxygen atoms in total. The standard InChI is InChI=1S/C18H25N5O2/c1-15-6-10-20-23(15)11-7-17(24)21(2)13-18(25)8-12-22(14-18)16-5-3-4-9-19-16/h3-6,9-10,25H,7-8,11-14H2,1-2H3. The maximum atomic E-state index is 12.4. The highest BCUT2D eigenvalue weighted by Gasteiger charge is 2.38. The predicted octanol–water partition coefficient (Wildman–Crippen LogP) is 1.08. The van der Waals surface area contributed by atoms with Crippen molar-refractivity contribution in [2.24, 2.45) is 0 Å². The number of carbonyl (C=O) groups is 1. The fourth-order valence-electron chi connectivity index (χ4n) is 3.28. The van der Waals surface area contributed by atoms with Gasteiger partial charge >= 0.3 is 0 Å². The first-order valence-electron chi connectivity index (χ1n) is 8.58. The van der Waals surface area contributed by atoms with Crippen molar-refractivity contribution in [3.8, 4) is 0 Å². The van der Waals surface area contributed by atoms with E-state index in [9.17, 15) is 9.90 Å². The molecule has 25 heavy (non-hydrogen) atoms. The molecule has 0 aromatic carbocycles. The molecule has 1 aliphatic heterocycles. The maximum Gasteiger partial charge on any atom is 0.224 e. The molecule has 0 bridgehead atoms. The quantitative estimate of drug-likeness (QED) is 0.849. The Bertz CT molecular complexity index is 717. The summed E-state index contributed by atoms with van der Waals surface area (Å²) in [6, 6.07) is 7.67. The first-order chi connectivity index (χ1) is 12.0. The molecular weight excluding hydrogens is 318 g/mol. The van der Waals surface area contributed by atoms with Crippen LogP contribution >= 0.6 is 0 Å². The van der Waals surface area contributed by atoms with Crippen molar-refractivity contribution in [2.75, 3.05) is 31.6 Å². The summed E-state index contributed by atoms with van der Waals surface area (Å²) in [5.74, 6) is 0.876. The van der Waals surface area contributed by atoms with Crippen LogP contribution in [0, 0.1) is 6.92 Å². The van der Waals surface area contributed by atoms with Crippen molar-refractivity contribution in [1.82, 2.24) is 19.7 Å². The summed E-state index contributed by atoms with van der Waals surface area (Å²) >= 11 is 0. The third-order valence-electron chi connectivity index (χ3n) is 4.73. The van der Waals surface area contributed by atoms with Gasteiger partial charge in [0.15, 0.2) is 0 Å². The van der Waals surface area contributed by atoms with Crippen molar-refractivity contribution < 1.29 is 9.90 Å². The number of aromatic nitrogens is 3. The number of amides is 1. The third-order valence-corrected chi connectivity index (χ3v) is 4.73. The fraction of sp³-hybridized carbons (Fsp3) is 0.500. The monoisotopic (exact) mass is 343 g/mol. The Balaban J connectivity index is 1.52. The number of anilines is 1. The summed E-state index contributed by atoms with van der Waals surface area (Å²) in [5, 5.41) is 15.0. The van der Waals surface area contributed by atoms with Crippen molar-refractivity contribution in [2.45, 2.75) is 31.9 Å². The number of hydrogen-bond donors (Lipinski definition) is 1. The molecule has 0 saturated carbocycles. The molecule has 0 radical (unpaired) electrons. The average Bonchev–Trinajstić information content (AvgIpc) is 3.19. The van der Waals surface area contributed by atoms with E-state index in [0.717, 1.165) is 18.1 Å². The molecule has 3 rings (SSSR count). The van der Waals surface area contributed by atoms with Crippen LogP contribution in [0.3, 0.4) is 0 Å². The van der Waals surface area contributed by atoms with Crippen LogP contribution in [0.25, 0.3) is 0 Å². The normalized spacial score (nSPS) is 20.0. The largest absolute Gasteiger partial charge is 0.386 e. The van der Waals surface area contributed by atoms with Gasteiger partial charge in [0, 0.05) is 51.2 Å². The summed E-state index contributed by atoms with van der Waals surface area (Å²) in [4.78, 5) is 20.4. The van der Waals surface area contributed by atoms with Crippen molar-refractivity contribution in [3.05, 3.63) is 42.4 Å². The summed E-state index contributed by atoms with van der Waals surface area (Å²) in [5.41, 5.74) is 0.139. The van der Waals surface area contributed by atoms with Gasteiger partial charge in [-0.05, 0) is 31.5 Å². The van der Waals surface area contributed by atoms with E-state index in [1.54, 1.807) is 24.3 Å². The zero-order chi connectivity index (χ0) is 17.9. The molecule has 1 amide bonds. The van der Waals surface area contributed by atoms with Crippen LogP contribution < -0.4 is 4.90 Å². The molecule has 1 unspecified atom stereocenters. The van der Waals surface area contributed by atoms with Crippen LogP contribution in [-0.4, -0.2) is 63.0 Å². The van der Waals surface area contributed by atoms with Gasteiger partial charge in [0.05, 0.1) is 6.54 Å². The second-order valence-electron chi connectivity index (χ2n) is 6.78. The Kier molecular flexibility index (Phi) is 5.03. The van der Waals surface area contributed by atoms with Gasteiger partial charge in [0.1, 0.15) is 11.4 Å². The third kappa shape index (κ3) is 4.17. The molecule has 1 N–H and O–H groups in total. The topological polar surface area (TPSA) is 74.5 Å². The van der Waals surface area contributed by atoms with Gasteiger partial charge in [0.2, 0.25) is 5.91 Å². The second-order valence-corrected chi connectivity index (χ2v) is 6.78. The van der Waals surface area contributed by atoms with Gasteiger partial charge in [-0.2, -0.15) is 5.10 Å². The lowest BCUT2D eigenvalue weighted by molar-refractivity contribution is -0.133. The van der Waals surface area contributed by atoms with Gasteiger partial charge in [0.25, 0.3) is 0 Å². The lowest BCUT2D eigenvalue weighted by Crippen LogP contribution is -2.46. The second kappa shape index (κ2) is 7.23. The number of likely N-dealkylation sites (N-methyl/N-ethyl adjacent to an activating group) is 1.